The minimum Gasteiger partial charge on any atom is -0.497 e. The summed E-state index contributed by atoms with van der Waals surface area (Å²) in [6, 6.07) is 11.5. The number of rotatable bonds is 4. The molecule has 2 unspecified atom stereocenters. The molecule has 168 valence electrons. The summed E-state index contributed by atoms with van der Waals surface area (Å²) in [7, 11) is 4.00. The maximum absolute atomic E-state index is 13.9. The summed E-state index contributed by atoms with van der Waals surface area (Å²) in [5.41, 5.74) is 3.90. The standard InChI is InChI=1S/C26H30ClN2O3/c1-29(11-3-4-12-29)16-24-20-8-6-19(32-2)13-17(20)9-10-28(24)26(31)23-15-25(30)21-7-5-18(27)14-22(21)23/h5-8,13-14,23-24H,3-4,9-12,15-16H2,1-2H3/q+1. The first-order valence-electron chi connectivity index (χ1n) is 11.5. The number of quaternary nitrogens is 1. The van der Waals surface area contributed by atoms with E-state index in [0.29, 0.717) is 17.1 Å². The fourth-order valence-corrected chi connectivity index (χ4v) is 6.06. The fourth-order valence-electron chi connectivity index (χ4n) is 5.88. The van der Waals surface area contributed by atoms with Crippen molar-refractivity contribution in [2.24, 2.45) is 0 Å². The highest BCUT2D eigenvalue weighted by Crippen LogP contribution is 2.41. The maximum atomic E-state index is 13.9. The molecule has 0 aromatic heterocycles. The number of ketones is 1. The molecule has 2 atom stereocenters. The maximum Gasteiger partial charge on any atom is 0.231 e. The van der Waals surface area contributed by atoms with E-state index >= 15 is 0 Å². The van der Waals surface area contributed by atoms with Crippen LogP contribution in [0.25, 0.3) is 0 Å². The molecule has 2 heterocycles. The molecule has 32 heavy (non-hydrogen) atoms. The van der Waals surface area contributed by atoms with Crippen LogP contribution >= 0.6 is 11.6 Å². The molecule has 6 heteroatoms. The Morgan fingerprint density at radius 3 is 2.69 bits per heavy atom. The minimum absolute atomic E-state index is 0.00130. The van der Waals surface area contributed by atoms with Gasteiger partial charge in [0.1, 0.15) is 18.3 Å². The zero-order valence-electron chi connectivity index (χ0n) is 18.8. The number of methoxy groups -OCH3 is 1. The number of amides is 1. The van der Waals surface area contributed by atoms with E-state index < -0.39 is 5.92 Å². The summed E-state index contributed by atoms with van der Waals surface area (Å²) in [6.45, 7) is 3.84. The van der Waals surface area contributed by atoms with E-state index in [1.54, 1.807) is 25.3 Å². The number of halogens is 1. The number of likely N-dealkylation sites (N-methyl/N-ethyl adjacent to an activating group) is 1. The van der Waals surface area contributed by atoms with E-state index in [9.17, 15) is 9.59 Å². The number of benzene rings is 2. The fraction of sp³-hybridized carbons (Fsp3) is 0.462. The lowest BCUT2D eigenvalue weighted by molar-refractivity contribution is -0.900. The lowest BCUT2D eigenvalue weighted by Crippen LogP contribution is -2.52. The number of likely N-dealkylation sites (tertiary alicyclic amines) is 1. The second-order valence-electron chi connectivity index (χ2n) is 9.73. The molecule has 5 rings (SSSR count). The average Bonchev–Trinajstić information content (AvgIpc) is 3.36. The first kappa shape index (κ1) is 21.5. The predicted octanol–water partition coefficient (Wildman–Crippen LogP) is 4.39. The average molecular weight is 454 g/mol. The Labute approximate surface area is 194 Å². The molecular weight excluding hydrogens is 424 g/mol. The Kier molecular flexibility index (Phi) is 5.50. The summed E-state index contributed by atoms with van der Waals surface area (Å²) in [5.74, 6) is 0.500. The molecule has 0 bridgehead atoms. The number of Topliss-reactive ketones (excluding diaryl/α,β-unsaturated/α-hetero) is 1. The molecule has 1 aliphatic carbocycles. The Hall–Kier alpha value is -2.37. The smallest absolute Gasteiger partial charge is 0.231 e. The zero-order chi connectivity index (χ0) is 22.5. The molecule has 1 saturated heterocycles. The summed E-state index contributed by atoms with van der Waals surface area (Å²) >= 11 is 6.23. The predicted molar refractivity (Wildman–Crippen MR) is 124 cm³/mol. The second-order valence-corrected chi connectivity index (χ2v) is 10.2. The second kappa shape index (κ2) is 8.20. The molecule has 0 saturated carbocycles. The number of nitrogens with zero attached hydrogens (tertiary/aromatic N) is 2. The number of ether oxygens (including phenoxy) is 1. The normalized spacial score (nSPS) is 23.7. The van der Waals surface area contributed by atoms with Gasteiger partial charge in [-0.15, -0.1) is 0 Å². The van der Waals surface area contributed by atoms with Crippen LogP contribution in [0, 0.1) is 0 Å². The Morgan fingerprint density at radius 1 is 1.16 bits per heavy atom. The number of hydrogen-bond acceptors (Lipinski definition) is 3. The number of fused-ring (bicyclic) bond motifs is 2. The van der Waals surface area contributed by atoms with Gasteiger partial charge in [0, 0.05) is 36.4 Å². The summed E-state index contributed by atoms with van der Waals surface area (Å²) in [4.78, 5) is 28.6. The lowest BCUT2D eigenvalue weighted by Gasteiger charge is -2.42. The third-order valence-electron chi connectivity index (χ3n) is 7.63. The van der Waals surface area contributed by atoms with Crippen LogP contribution in [0.1, 0.15) is 58.3 Å². The van der Waals surface area contributed by atoms with Gasteiger partial charge >= 0.3 is 0 Å². The zero-order valence-corrected chi connectivity index (χ0v) is 19.5. The molecule has 2 aromatic carbocycles. The topological polar surface area (TPSA) is 46.6 Å². The van der Waals surface area contributed by atoms with Crippen molar-refractivity contribution in [2.45, 2.75) is 37.6 Å². The van der Waals surface area contributed by atoms with Gasteiger partial charge in [0.15, 0.2) is 5.78 Å². The van der Waals surface area contributed by atoms with Gasteiger partial charge in [-0.2, -0.15) is 0 Å². The van der Waals surface area contributed by atoms with E-state index in [0.717, 1.165) is 41.9 Å². The van der Waals surface area contributed by atoms with E-state index in [1.165, 1.54) is 24.0 Å². The first-order chi connectivity index (χ1) is 15.4. The molecule has 1 amide bonds. The Balaban J connectivity index is 1.51. The van der Waals surface area contributed by atoms with Crippen LogP contribution in [0.4, 0.5) is 0 Å². The molecule has 0 spiro atoms. The molecule has 3 aliphatic rings. The Morgan fingerprint density at radius 2 is 1.94 bits per heavy atom. The van der Waals surface area contributed by atoms with Crippen molar-refractivity contribution in [3.05, 3.63) is 63.7 Å². The van der Waals surface area contributed by atoms with Gasteiger partial charge in [0.05, 0.1) is 33.2 Å². The van der Waals surface area contributed by atoms with Crippen molar-refractivity contribution < 1.29 is 18.8 Å². The molecule has 0 radical (unpaired) electrons. The van der Waals surface area contributed by atoms with Crippen molar-refractivity contribution >= 4 is 23.3 Å². The van der Waals surface area contributed by atoms with Crippen LogP contribution in [0.15, 0.2) is 36.4 Å². The van der Waals surface area contributed by atoms with Crippen LogP contribution in [0.3, 0.4) is 0 Å². The van der Waals surface area contributed by atoms with Crippen molar-refractivity contribution in [1.29, 1.82) is 0 Å². The summed E-state index contributed by atoms with van der Waals surface area (Å²) in [6.07, 6.45) is 3.49. The number of hydrogen-bond donors (Lipinski definition) is 0. The SMILES string of the molecule is COc1ccc2c(c1)CCN(C(=O)C1CC(=O)c3ccc(Cl)cc31)C2C[N+]1(C)CCCC1. The highest BCUT2D eigenvalue weighted by atomic mass is 35.5. The summed E-state index contributed by atoms with van der Waals surface area (Å²) in [5, 5.41) is 0.569. The van der Waals surface area contributed by atoms with Gasteiger partial charge in [-0.1, -0.05) is 17.7 Å². The van der Waals surface area contributed by atoms with Gasteiger partial charge < -0.3 is 14.1 Å². The third kappa shape index (κ3) is 3.71. The van der Waals surface area contributed by atoms with Gasteiger partial charge in [-0.3, -0.25) is 9.59 Å². The monoisotopic (exact) mass is 453 g/mol. The first-order valence-corrected chi connectivity index (χ1v) is 11.9. The van der Waals surface area contributed by atoms with E-state index in [4.69, 9.17) is 16.3 Å². The van der Waals surface area contributed by atoms with Crippen LogP contribution in [-0.4, -0.2) is 61.4 Å². The molecule has 1 fully saturated rings. The largest absolute Gasteiger partial charge is 0.497 e. The van der Waals surface area contributed by atoms with Crippen LogP contribution < -0.4 is 4.74 Å². The number of carbonyl (C=O) groups is 2. The van der Waals surface area contributed by atoms with Crippen LogP contribution in [0.5, 0.6) is 5.75 Å². The highest BCUT2D eigenvalue weighted by molar-refractivity contribution is 6.31. The highest BCUT2D eigenvalue weighted by Gasteiger charge is 2.43. The van der Waals surface area contributed by atoms with E-state index in [2.05, 4.69) is 19.2 Å². The van der Waals surface area contributed by atoms with Gasteiger partial charge in [0.2, 0.25) is 5.91 Å². The van der Waals surface area contributed by atoms with Crippen molar-refractivity contribution in [3.63, 3.8) is 0 Å². The number of carbonyl (C=O) groups excluding carboxylic acids is 2. The molecule has 2 aromatic rings. The van der Waals surface area contributed by atoms with Crippen LogP contribution in [0.2, 0.25) is 5.02 Å². The minimum atomic E-state index is -0.442. The third-order valence-corrected chi connectivity index (χ3v) is 7.86. The lowest BCUT2D eigenvalue weighted by atomic mass is 9.89. The van der Waals surface area contributed by atoms with Gasteiger partial charge in [0.25, 0.3) is 0 Å². The Bertz CT molecular complexity index is 1080. The van der Waals surface area contributed by atoms with Gasteiger partial charge in [-0.05, 0) is 53.4 Å². The molecular formula is C26H30ClN2O3+. The van der Waals surface area contributed by atoms with E-state index in [1.807, 2.05) is 11.0 Å². The van der Waals surface area contributed by atoms with E-state index in [-0.39, 0.29) is 24.2 Å². The molecule has 2 aliphatic heterocycles. The summed E-state index contributed by atoms with van der Waals surface area (Å²) < 4.78 is 6.43. The molecule has 0 N–H and O–H groups in total. The van der Waals surface area contributed by atoms with Crippen molar-refractivity contribution in [2.75, 3.05) is 40.3 Å². The van der Waals surface area contributed by atoms with Crippen molar-refractivity contribution in [1.82, 2.24) is 4.90 Å². The quantitative estimate of drug-likeness (QED) is 0.645. The molecule has 5 nitrogen and oxygen atoms in total. The van der Waals surface area contributed by atoms with Crippen molar-refractivity contribution in [3.8, 4) is 5.75 Å². The van der Waals surface area contributed by atoms with Crippen LogP contribution in [-0.2, 0) is 11.2 Å². The van der Waals surface area contributed by atoms with Gasteiger partial charge in [-0.25, -0.2) is 0 Å².